The summed E-state index contributed by atoms with van der Waals surface area (Å²) in [6.07, 6.45) is 2.83. The largest absolute Gasteiger partial charge is 0.502 e. The smallest absolute Gasteiger partial charge is 0.312 e. The summed E-state index contributed by atoms with van der Waals surface area (Å²) in [5, 5.41) is 20.1. The number of rotatable bonds is 5. The number of nitro groups is 1. The Morgan fingerprint density at radius 2 is 2.10 bits per heavy atom. The molecule has 1 heterocycles. The Morgan fingerprint density at radius 3 is 2.67 bits per heavy atom. The van der Waals surface area contributed by atoms with E-state index in [9.17, 15) is 23.6 Å². The van der Waals surface area contributed by atoms with Crippen molar-refractivity contribution >= 4 is 15.7 Å². The third-order valence-corrected chi connectivity index (χ3v) is 4.64. The fourth-order valence-corrected chi connectivity index (χ4v) is 2.89. The van der Waals surface area contributed by atoms with E-state index in [2.05, 4.69) is 0 Å². The average Bonchev–Trinajstić information content (AvgIpc) is 2.91. The highest BCUT2D eigenvalue weighted by atomic mass is 32.2. The van der Waals surface area contributed by atoms with E-state index in [4.69, 9.17) is 4.42 Å². The van der Waals surface area contributed by atoms with Gasteiger partial charge in [0.15, 0.2) is 5.75 Å². The lowest BCUT2D eigenvalue weighted by Gasteiger charge is -2.16. The van der Waals surface area contributed by atoms with Crippen molar-refractivity contribution < 1.29 is 22.9 Å². The lowest BCUT2D eigenvalue weighted by Crippen LogP contribution is -2.26. The zero-order valence-electron chi connectivity index (χ0n) is 11.0. The van der Waals surface area contributed by atoms with Gasteiger partial charge in [-0.3, -0.25) is 10.1 Å². The molecular formula is C12H12N2O6S. The van der Waals surface area contributed by atoms with Crippen molar-refractivity contribution in [2.24, 2.45) is 0 Å². The zero-order valence-corrected chi connectivity index (χ0v) is 11.8. The Balaban J connectivity index is 2.35. The van der Waals surface area contributed by atoms with Gasteiger partial charge in [-0.25, -0.2) is 8.42 Å². The number of furan rings is 1. The first-order chi connectivity index (χ1) is 9.82. The molecule has 0 atom stereocenters. The lowest BCUT2D eigenvalue weighted by atomic mass is 10.3. The molecule has 8 nitrogen and oxygen atoms in total. The molecule has 2 aromatic rings. The predicted molar refractivity (Wildman–Crippen MR) is 72.1 cm³/mol. The molecule has 0 radical (unpaired) electrons. The SMILES string of the molecule is CN(Cc1ccoc1)S(=O)(=O)c1ccc(O)c([N+](=O)[O-])c1. The number of phenols is 1. The number of nitrogens with zero attached hydrogens (tertiary/aromatic N) is 2. The molecule has 112 valence electrons. The number of aromatic hydroxyl groups is 1. The molecule has 0 aliphatic heterocycles. The summed E-state index contributed by atoms with van der Waals surface area (Å²) in [7, 11) is -2.56. The van der Waals surface area contributed by atoms with E-state index in [1.54, 1.807) is 6.07 Å². The van der Waals surface area contributed by atoms with Gasteiger partial charge in [0.05, 0.1) is 22.3 Å². The second kappa shape index (κ2) is 5.54. The van der Waals surface area contributed by atoms with Gasteiger partial charge in [0, 0.05) is 25.2 Å². The molecule has 9 heteroatoms. The van der Waals surface area contributed by atoms with Gasteiger partial charge in [-0.15, -0.1) is 0 Å². The van der Waals surface area contributed by atoms with Crippen LogP contribution in [0.2, 0.25) is 0 Å². The third kappa shape index (κ3) is 3.03. The first-order valence-corrected chi connectivity index (χ1v) is 7.21. The van der Waals surface area contributed by atoms with E-state index in [1.807, 2.05) is 0 Å². The van der Waals surface area contributed by atoms with Crippen LogP contribution in [0.4, 0.5) is 5.69 Å². The van der Waals surface area contributed by atoms with Crippen molar-refractivity contribution in [2.45, 2.75) is 11.4 Å². The zero-order chi connectivity index (χ0) is 15.6. The fourth-order valence-electron chi connectivity index (χ4n) is 1.71. The molecule has 1 N–H and O–H groups in total. The van der Waals surface area contributed by atoms with Gasteiger partial charge in [-0.2, -0.15) is 4.31 Å². The van der Waals surface area contributed by atoms with Crippen LogP contribution in [-0.2, 0) is 16.6 Å². The van der Waals surface area contributed by atoms with Crippen LogP contribution in [0.1, 0.15) is 5.56 Å². The van der Waals surface area contributed by atoms with Crippen LogP contribution in [0.15, 0.2) is 46.1 Å². The van der Waals surface area contributed by atoms with Gasteiger partial charge in [0.1, 0.15) is 0 Å². The summed E-state index contributed by atoms with van der Waals surface area (Å²) >= 11 is 0. The number of phenolic OH excluding ortho intramolecular Hbond substituents is 1. The van der Waals surface area contributed by atoms with Crippen LogP contribution < -0.4 is 0 Å². The van der Waals surface area contributed by atoms with Gasteiger partial charge in [0.2, 0.25) is 10.0 Å². The average molecular weight is 312 g/mol. The van der Waals surface area contributed by atoms with Crippen molar-refractivity contribution in [2.75, 3.05) is 7.05 Å². The summed E-state index contributed by atoms with van der Waals surface area (Å²) in [5.41, 5.74) is -0.0119. The molecule has 1 aromatic heterocycles. The quantitative estimate of drug-likeness (QED) is 0.664. The van der Waals surface area contributed by atoms with E-state index >= 15 is 0 Å². The second-order valence-corrected chi connectivity index (χ2v) is 6.35. The number of benzene rings is 1. The molecule has 0 unspecified atom stereocenters. The molecule has 0 saturated heterocycles. The first kappa shape index (κ1) is 15.0. The minimum Gasteiger partial charge on any atom is -0.502 e. The molecule has 0 fully saturated rings. The van der Waals surface area contributed by atoms with Crippen molar-refractivity contribution in [3.05, 3.63) is 52.5 Å². The molecule has 0 amide bonds. The monoisotopic (exact) mass is 312 g/mol. The van der Waals surface area contributed by atoms with Gasteiger partial charge < -0.3 is 9.52 Å². The maximum Gasteiger partial charge on any atom is 0.312 e. The Bertz CT molecular complexity index is 754. The van der Waals surface area contributed by atoms with Crippen LogP contribution in [0.25, 0.3) is 0 Å². The highest BCUT2D eigenvalue weighted by Crippen LogP contribution is 2.29. The van der Waals surface area contributed by atoms with Gasteiger partial charge in [-0.05, 0) is 18.2 Å². The van der Waals surface area contributed by atoms with Gasteiger partial charge >= 0.3 is 5.69 Å². The van der Waals surface area contributed by atoms with Crippen molar-refractivity contribution in [1.82, 2.24) is 4.31 Å². The highest BCUT2D eigenvalue weighted by Gasteiger charge is 2.25. The minimum atomic E-state index is -3.91. The summed E-state index contributed by atoms with van der Waals surface area (Å²) in [4.78, 5) is 9.64. The lowest BCUT2D eigenvalue weighted by molar-refractivity contribution is -0.386. The Kier molecular flexibility index (Phi) is 3.96. The summed E-state index contributed by atoms with van der Waals surface area (Å²) in [6, 6.07) is 4.54. The third-order valence-electron chi connectivity index (χ3n) is 2.84. The fraction of sp³-hybridized carbons (Fsp3) is 0.167. The van der Waals surface area contributed by atoms with Crippen LogP contribution >= 0.6 is 0 Å². The van der Waals surface area contributed by atoms with Crippen molar-refractivity contribution in [3.8, 4) is 5.75 Å². The number of hydrogen-bond acceptors (Lipinski definition) is 6. The van der Waals surface area contributed by atoms with Crippen molar-refractivity contribution in [3.63, 3.8) is 0 Å². The molecule has 0 saturated carbocycles. The van der Waals surface area contributed by atoms with Gasteiger partial charge in [0.25, 0.3) is 0 Å². The molecule has 0 aliphatic rings. The standard InChI is InChI=1S/C12H12N2O6S/c1-13(7-9-4-5-20-8-9)21(18,19)10-2-3-12(15)11(6-10)14(16)17/h2-6,8,15H,7H2,1H3. The Hall–Kier alpha value is -2.39. The normalized spacial score (nSPS) is 11.7. The molecule has 21 heavy (non-hydrogen) atoms. The second-order valence-electron chi connectivity index (χ2n) is 4.30. The van der Waals surface area contributed by atoms with E-state index < -0.39 is 26.4 Å². The van der Waals surface area contributed by atoms with E-state index in [0.29, 0.717) is 5.56 Å². The topological polar surface area (TPSA) is 114 Å². The van der Waals surface area contributed by atoms with Crippen LogP contribution in [-0.4, -0.2) is 29.8 Å². The number of nitro benzene ring substituents is 1. The molecule has 0 bridgehead atoms. The molecule has 1 aromatic carbocycles. The maximum absolute atomic E-state index is 12.3. The number of sulfonamides is 1. The van der Waals surface area contributed by atoms with E-state index in [-0.39, 0.29) is 11.4 Å². The minimum absolute atomic E-state index is 0.0630. The molecule has 2 rings (SSSR count). The van der Waals surface area contributed by atoms with E-state index in [1.165, 1.54) is 19.6 Å². The predicted octanol–water partition coefficient (Wildman–Crippen LogP) is 1.71. The summed E-state index contributed by atoms with van der Waals surface area (Å²) < 4.78 is 30.6. The maximum atomic E-state index is 12.3. The van der Waals surface area contributed by atoms with Gasteiger partial charge in [-0.1, -0.05) is 0 Å². The first-order valence-electron chi connectivity index (χ1n) is 5.77. The Morgan fingerprint density at radius 1 is 1.38 bits per heavy atom. The van der Waals surface area contributed by atoms with E-state index in [0.717, 1.165) is 22.5 Å². The number of hydrogen-bond donors (Lipinski definition) is 1. The molecule has 0 aliphatic carbocycles. The summed E-state index contributed by atoms with van der Waals surface area (Å²) in [5.74, 6) is -0.587. The molecule has 0 spiro atoms. The van der Waals surface area contributed by atoms with Crippen molar-refractivity contribution in [1.29, 1.82) is 0 Å². The summed E-state index contributed by atoms with van der Waals surface area (Å²) in [6.45, 7) is 0.0630. The Labute approximate surface area is 120 Å². The van der Waals surface area contributed by atoms with Crippen LogP contribution in [0.3, 0.4) is 0 Å². The van der Waals surface area contributed by atoms with Crippen LogP contribution in [0.5, 0.6) is 5.75 Å². The molecular weight excluding hydrogens is 300 g/mol. The highest BCUT2D eigenvalue weighted by molar-refractivity contribution is 7.89. The van der Waals surface area contributed by atoms with Crippen LogP contribution in [0, 0.1) is 10.1 Å².